The number of hydrogen-bond donors (Lipinski definition) is 0. The zero-order chi connectivity index (χ0) is 13.0. The molecule has 0 saturated carbocycles. The predicted octanol–water partition coefficient (Wildman–Crippen LogP) is 3.61. The van der Waals surface area contributed by atoms with Crippen LogP contribution in [0.25, 0.3) is 0 Å². The van der Waals surface area contributed by atoms with Crippen LogP contribution < -0.4 is 4.90 Å². The van der Waals surface area contributed by atoms with E-state index in [9.17, 15) is 4.91 Å². The van der Waals surface area contributed by atoms with Crippen LogP contribution in [0.15, 0.2) is 59.8 Å². The Morgan fingerprint density at radius 2 is 1.44 bits per heavy atom. The molecule has 0 radical (unpaired) electrons. The first-order valence-corrected chi connectivity index (χ1v) is 5.87. The van der Waals surface area contributed by atoms with E-state index >= 15 is 0 Å². The Balaban J connectivity index is 2.31. The van der Waals surface area contributed by atoms with Crippen molar-refractivity contribution in [3.05, 3.63) is 70.6 Å². The second-order valence-electron chi connectivity index (χ2n) is 4.40. The fourth-order valence-corrected chi connectivity index (χ4v) is 1.90. The summed E-state index contributed by atoms with van der Waals surface area (Å²) < 4.78 is 0. The molecule has 0 heterocycles. The van der Waals surface area contributed by atoms with Gasteiger partial charge >= 0.3 is 0 Å². The number of rotatable bonds is 4. The van der Waals surface area contributed by atoms with Crippen LogP contribution in [0.2, 0.25) is 0 Å². The molecule has 0 aliphatic carbocycles. The molecule has 1 atom stereocenters. The lowest BCUT2D eigenvalue weighted by atomic mass is 9.99. The zero-order valence-electron chi connectivity index (χ0n) is 10.6. The summed E-state index contributed by atoms with van der Waals surface area (Å²) in [5.41, 5.74) is 2.95. The third kappa shape index (κ3) is 2.56. The van der Waals surface area contributed by atoms with Crippen LogP contribution >= 0.6 is 0 Å². The SMILES string of the molecule is CN(C)c1ccc(C(N=O)c2ccccc2)cc1. The monoisotopic (exact) mass is 240 g/mol. The molecule has 2 rings (SSSR count). The van der Waals surface area contributed by atoms with Crippen molar-refractivity contribution in [3.63, 3.8) is 0 Å². The van der Waals surface area contributed by atoms with Crippen LogP contribution in [0.1, 0.15) is 17.2 Å². The second kappa shape index (κ2) is 5.45. The maximum Gasteiger partial charge on any atom is 0.142 e. The topological polar surface area (TPSA) is 32.7 Å². The van der Waals surface area contributed by atoms with Gasteiger partial charge in [0.15, 0.2) is 0 Å². The third-order valence-electron chi connectivity index (χ3n) is 2.95. The van der Waals surface area contributed by atoms with Gasteiger partial charge in [-0.2, -0.15) is 0 Å². The van der Waals surface area contributed by atoms with E-state index in [4.69, 9.17) is 0 Å². The molecule has 0 aliphatic heterocycles. The Morgan fingerprint density at radius 1 is 0.889 bits per heavy atom. The van der Waals surface area contributed by atoms with Crippen molar-refractivity contribution in [3.8, 4) is 0 Å². The van der Waals surface area contributed by atoms with Gasteiger partial charge in [0.25, 0.3) is 0 Å². The van der Waals surface area contributed by atoms with Gasteiger partial charge in [-0.3, -0.25) is 0 Å². The van der Waals surface area contributed by atoms with Gasteiger partial charge in [-0.25, -0.2) is 0 Å². The molecule has 92 valence electrons. The maximum absolute atomic E-state index is 11.1. The van der Waals surface area contributed by atoms with Gasteiger partial charge in [0.2, 0.25) is 0 Å². The normalized spacial score (nSPS) is 11.9. The van der Waals surface area contributed by atoms with Crippen molar-refractivity contribution in [1.29, 1.82) is 0 Å². The summed E-state index contributed by atoms with van der Waals surface area (Å²) >= 11 is 0. The van der Waals surface area contributed by atoms with Crippen molar-refractivity contribution in [2.45, 2.75) is 6.04 Å². The molecule has 3 nitrogen and oxygen atoms in total. The molecule has 18 heavy (non-hydrogen) atoms. The second-order valence-corrected chi connectivity index (χ2v) is 4.40. The fourth-order valence-electron chi connectivity index (χ4n) is 1.90. The van der Waals surface area contributed by atoms with Gasteiger partial charge in [-0.15, -0.1) is 4.91 Å². The molecular weight excluding hydrogens is 224 g/mol. The third-order valence-corrected chi connectivity index (χ3v) is 2.95. The summed E-state index contributed by atoms with van der Waals surface area (Å²) in [4.78, 5) is 13.1. The molecule has 0 fully saturated rings. The van der Waals surface area contributed by atoms with E-state index in [1.54, 1.807) is 0 Å². The molecule has 0 spiro atoms. The maximum atomic E-state index is 11.1. The van der Waals surface area contributed by atoms with Crippen LogP contribution in [-0.2, 0) is 0 Å². The average Bonchev–Trinajstić information content (AvgIpc) is 2.41. The Bertz CT molecular complexity index is 506. The van der Waals surface area contributed by atoms with Crippen LogP contribution in [-0.4, -0.2) is 14.1 Å². The molecule has 0 saturated heterocycles. The van der Waals surface area contributed by atoms with Crippen molar-refractivity contribution < 1.29 is 0 Å². The van der Waals surface area contributed by atoms with E-state index in [1.165, 1.54) is 0 Å². The van der Waals surface area contributed by atoms with Gasteiger partial charge in [-0.05, 0) is 23.3 Å². The van der Waals surface area contributed by atoms with Crippen LogP contribution in [0.5, 0.6) is 0 Å². The van der Waals surface area contributed by atoms with E-state index in [0.29, 0.717) is 0 Å². The summed E-state index contributed by atoms with van der Waals surface area (Å²) in [5, 5.41) is 3.24. The van der Waals surface area contributed by atoms with Gasteiger partial charge in [0, 0.05) is 19.8 Å². The molecule has 0 aliphatic rings. The fraction of sp³-hybridized carbons (Fsp3) is 0.200. The Kier molecular flexibility index (Phi) is 3.72. The standard InChI is InChI=1S/C15H16N2O/c1-17(2)14-10-8-13(9-11-14)15(16-18)12-6-4-3-5-7-12/h3-11,15H,1-2H3. The molecule has 2 aromatic rings. The zero-order valence-corrected chi connectivity index (χ0v) is 10.6. The number of nitroso groups, excluding NO2 is 1. The van der Waals surface area contributed by atoms with Crippen molar-refractivity contribution in [1.82, 2.24) is 0 Å². The Hall–Kier alpha value is -2.16. The quantitative estimate of drug-likeness (QED) is 0.765. The average molecular weight is 240 g/mol. The van der Waals surface area contributed by atoms with E-state index in [2.05, 4.69) is 5.18 Å². The largest absolute Gasteiger partial charge is 0.378 e. The minimum atomic E-state index is -0.428. The highest BCUT2D eigenvalue weighted by Gasteiger charge is 2.13. The van der Waals surface area contributed by atoms with Gasteiger partial charge in [0.05, 0.1) is 0 Å². The lowest BCUT2D eigenvalue weighted by molar-refractivity contribution is 0.863. The van der Waals surface area contributed by atoms with Crippen molar-refractivity contribution in [2.75, 3.05) is 19.0 Å². The number of anilines is 1. The molecule has 0 bridgehead atoms. The lowest BCUT2D eigenvalue weighted by Gasteiger charge is -2.14. The highest BCUT2D eigenvalue weighted by molar-refractivity contribution is 5.47. The van der Waals surface area contributed by atoms with Crippen LogP contribution in [0.4, 0.5) is 5.69 Å². The van der Waals surface area contributed by atoms with E-state index in [1.807, 2.05) is 73.6 Å². The molecule has 0 amide bonds. The molecule has 1 unspecified atom stereocenters. The first-order valence-electron chi connectivity index (χ1n) is 5.87. The summed E-state index contributed by atoms with van der Waals surface area (Å²) in [6.07, 6.45) is 0. The molecule has 3 heteroatoms. The van der Waals surface area contributed by atoms with Crippen molar-refractivity contribution in [2.24, 2.45) is 5.18 Å². The van der Waals surface area contributed by atoms with Crippen LogP contribution in [0.3, 0.4) is 0 Å². The minimum Gasteiger partial charge on any atom is -0.378 e. The highest BCUT2D eigenvalue weighted by atomic mass is 16.3. The Labute approximate surface area is 107 Å². The smallest absolute Gasteiger partial charge is 0.142 e. The van der Waals surface area contributed by atoms with E-state index in [-0.39, 0.29) is 0 Å². The summed E-state index contributed by atoms with van der Waals surface area (Å²) in [5.74, 6) is 0. The number of nitrogens with zero attached hydrogens (tertiary/aromatic N) is 2. The number of hydrogen-bond acceptors (Lipinski definition) is 3. The molecule has 0 aromatic heterocycles. The molecular formula is C15H16N2O. The van der Waals surface area contributed by atoms with Crippen LogP contribution in [0, 0.1) is 4.91 Å². The Morgan fingerprint density at radius 3 is 1.94 bits per heavy atom. The van der Waals surface area contributed by atoms with Crippen molar-refractivity contribution >= 4 is 5.69 Å². The first-order chi connectivity index (χ1) is 8.72. The summed E-state index contributed by atoms with van der Waals surface area (Å²) in [7, 11) is 3.98. The predicted molar refractivity (Wildman–Crippen MR) is 74.8 cm³/mol. The minimum absolute atomic E-state index is 0.428. The molecule has 2 aromatic carbocycles. The van der Waals surface area contributed by atoms with Gasteiger partial charge in [-0.1, -0.05) is 47.6 Å². The molecule has 0 N–H and O–H groups in total. The van der Waals surface area contributed by atoms with E-state index in [0.717, 1.165) is 16.8 Å². The lowest BCUT2D eigenvalue weighted by Crippen LogP contribution is -2.08. The number of benzene rings is 2. The van der Waals surface area contributed by atoms with E-state index < -0.39 is 6.04 Å². The first kappa shape index (κ1) is 12.3. The van der Waals surface area contributed by atoms with Gasteiger partial charge in [0.1, 0.15) is 6.04 Å². The summed E-state index contributed by atoms with van der Waals surface area (Å²) in [6, 6.07) is 17.1. The highest BCUT2D eigenvalue weighted by Crippen LogP contribution is 2.27. The summed E-state index contributed by atoms with van der Waals surface area (Å²) in [6.45, 7) is 0. The van der Waals surface area contributed by atoms with Gasteiger partial charge < -0.3 is 4.90 Å².